The number of ether oxygens (including phenoxy) is 2. The Labute approximate surface area is 152 Å². The van der Waals surface area contributed by atoms with Gasteiger partial charge in [-0.2, -0.15) is 5.10 Å². The van der Waals surface area contributed by atoms with Crippen molar-refractivity contribution in [2.75, 3.05) is 0 Å². The lowest BCUT2D eigenvalue weighted by molar-refractivity contribution is -0.169. The quantitative estimate of drug-likeness (QED) is 0.653. The van der Waals surface area contributed by atoms with Crippen LogP contribution in [0.1, 0.15) is 27.0 Å². The summed E-state index contributed by atoms with van der Waals surface area (Å²) in [4.78, 5) is 16.4. The number of aromatic nitrogens is 3. The van der Waals surface area contributed by atoms with Crippen LogP contribution in [0.15, 0.2) is 67.3 Å². The van der Waals surface area contributed by atoms with E-state index in [1.807, 2.05) is 54.6 Å². The Bertz CT molecular complexity index is 838. The fourth-order valence-corrected chi connectivity index (χ4v) is 2.39. The molecule has 0 saturated heterocycles. The average Bonchev–Trinajstić information content (AvgIpc) is 3.13. The molecule has 3 rings (SSSR count). The molecule has 1 unspecified atom stereocenters. The third-order valence-electron chi connectivity index (χ3n) is 3.49. The summed E-state index contributed by atoms with van der Waals surface area (Å²) in [5, 5.41) is 4.01. The lowest BCUT2D eigenvalue weighted by atomic mass is 10.1. The van der Waals surface area contributed by atoms with Gasteiger partial charge in [-0.25, -0.2) is 14.5 Å². The molecule has 0 saturated carbocycles. The van der Waals surface area contributed by atoms with Crippen molar-refractivity contribution in [1.29, 1.82) is 0 Å². The van der Waals surface area contributed by atoms with E-state index in [-0.39, 0.29) is 0 Å². The van der Waals surface area contributed by atoms with E-state index in [1.165, 1.54) is 17.3 Å². The average molecular weight is 351 g/mol. The molecule has 0 aliphatic carbocycles. The summed E-state index contributed by atoms with van der Waals surface area (Å²) in [6.45, 7) is 5.41. The Kier molecular flexibility index (Phi) is 5.02. The summed E-state index contributed by atoms with van der Waals surface area (Å²) in [5.74, 6) is 0.00572. The molecule has 26 heavy (non-hydrogen) atoms. The smallest absolute Gasteiger partial charge is 0.371 e. The van der Waals surface area contributed by atoms with E-state index in [0.29, 0.717) is 5.75 Å². The first-order valence-corrected chi connectivity index (χ1v) is 8.31. The van der Waals surface area contributed by atoms with E-state index in [9.17, 15) is 4.79 Å². The second-order valence-electron chi connectivity index (χ2n) is 6.77. The molecule has 1 atom stereocenters. The molecule has 1 heterocycles. The van der Waals surface area contributed by atoms with Gasteiger partial charge in [0, 0.05) is 0 Å². The molecule has 0 N–H and O–H groups in total. The van der Waals surface area contributed by atoms with Gasteiger partial charge in [0.2, 0.25) is 0 Å². The van der Waals surface area contributed by atoms with E-state index < -0.39 is 17.8 Å². The van der Waals surface area contributed by atoms with Gasteiger partial charge in [0.15, 0.2) is 0 Å². The first-order chi connectivity index (χ1) is 12.4. The first kappa shape index (κ1) is 17.7. The van der Waals surface area contributed by atoms with Crippen molar-refractivity contribution in [3.05, 3.63) is 67.3 Å². The van der Waals surface area contributed by atoms with E-state index in [0.717, 1.165) is 11.1 Å². The molecule has 2 aromatic carbocycles. The number of nitrogens with zero attached hydrogens (tertiary/aromatic N) is 3. The Morgan fingerprint density at radius 3 is 2.23 bits per heavy atom. The lowest BCUT2D eigenvalue weighted by Gasteiger charge is -2.24. The van der Waals surface area contributed by atoms with Crippen molar-refractivity contribution in [3.63, 3.8) is 0 Å². The van der Waals surface area contributed by atoms with Crippen LogP contribution < -0.4 is 4.74 Å². The van der Waals surface area contributed by atoms with Crippen molar-refractivity contribution in [2.24, 2.45) is 0 Å². The molecule has 0 bridgehead atoms. The molecule has 6 heteroatoms. The maximum absolute atomic E-state index is 12.5. The highest BCUT2D eigenvalue weighted by atomic mass is 16.6. The van der Waals surface area contributed by atoms with Crippen LogP contribution >= 0.6 is 0 Å². The second-order valence-corrected chi connectivity index (χ2v) is 6.77. The van der Waals surface area contributed by atoms with E-state index in [2.05, 4.69) is 10.1 Å². The fourth-order valence-electron chi connectivity index (χ4n) is 2.39. The molecule has 6 nitrogen and oxygen atoms in total. The van der Waals surface area contributed by atoms with Crippen molar-refractivity contribution in [2.45, 2.75) is 32.6 Å². The van der Waals surface area contributed by atoms with Gasteiger partial charge in [0.1, 0.15) is 24.0 Å². The van der Waals surface area contributed by atoms with Gasteiger partial charge in [-0.3, -0.25) is 0 Å². The fraction of sp³-hybridized carbons (Fsp3) is 0.250. The number of carbonyl (C=O) groups excluding carboxylic acids is 1. The number of carbonyl (C=O) groups is 1. The summed E-state index contributed by atoms with van der Waals surface area (Å²) >= 11 is 0. The topological polar surface area (TPSA) is 66.2 Å². The largest absolute Gasteiger partial charge is 0.457 e. The van der Waals surface area contributed by atoms with E-state index in [4.69, 9.17) is 9.47 Å². The lowest BCUT2D eigenvalue weighted by Crippen LogP contribution is -2.33. The Hall–Kier alpha value is -3.15. The number of rotatable bonds is 5. The molecule has 0 fully saturated rings. The highest BCUT2D eigenvalue weighted by Gasteiger charge is 2.29. The Morgan fingerprint density at radius 2 is 1.65 bits per heavy atom. The first-order valence-electron chi connectivity index (χ1n) is 8.31. The maximum Gasteiger partial charge on any atom is 0.371 e. The number of hydrogen-bond donors (Lipinski definition) is 0. The van der Waals surface area contributed by atoms with Gasteiger partial charge in [0.05, 0.1) is 0 Å². The molecule has 0 amide bonds. The summed E-state index contributed by atoms with van der Waals surface area (Å²) < 4.78 is 12.6. The van der Waals surface area contributed by atoms with Crippen LogP contribution in [0.2, 0.25) is 0 Å². The zero-order chi connectivity index (χ0) is 18.6. The highest BCUT2D eigenvalue weighted by Crippen LogP contribution is 2.25. The Balaban J connectivity index is 1.80. The predicted octanol–water partition coefficient (Wildman–Crippen LogP) is 3.86. The van der Waals surface area contributed by atoms with Crippen LogP contribution in [0.5, 0.6) is 5.75 Å². The molecule has 1 aromatic heterocycles. The molecular formula is C20H21N3O3. The molecule has 0 spiro atoms. The van der Waals surface area contributed by atoms with Crippen molar-refractivity contribution in [3.8, 4) is 16.9 Å². The predicted molar refractivity (Wildman–Crippen MR) is 97.4 cm³/mol. The van der Waals surface area contributed by atoms with Crippen LogP contribution in [0.4, 0.5) is 0 Å². The molecule has 134 valence electrons. The van der Waals surface area contributed by atoms with Crippen molar-refractivity contribution >= 4 is 5.97 Å². The second kappa shape index (κ2) is 7.39. The summed E-state index contributed by atoms with van der Waals surface area (Å²) in [7, 11) is 0. The van der Waals surface area contributed by atoms with Gasteiger partial charge >= 0.3 is 5.97 Å². The van der Waals surface area contributed by atoms with Crippen LogP contribution in [0.3, 0.4) is 0 Å². The summed E-state index contributed by atoms with van der Waals surface area (Å²) in [6, 6.07) is 17.5. The molecule has 3 aromatic rings. The monoisotopic (exact) mass is 351 g/mol. The molecule has 0 aliphatic heterocycles. The highest BCUT2D eigenvalue weighted by molar-refractivity contribution is 5.73. The zero-order valence-electron chi connectivity index (χ0n) is 15.0. The van der Waals surface area contributed by atoms with Gasteiger partial charge in [-0.05, 0) is 44.0 Å². The van der Waals surface area contributed by atoms with Crippen molar-refractivity contribution in [1.82, 2.24) is 14.8 Å². The number of hydrogen-bond acceptors (Lipinski definition) is 5. The van der Waals surface area contributed by atoms with E-state index >= 15 is 0 Å². The Morgan fingerprint density at radius 1 is 1.00 bits per heavy atom. The minimum atomic E-state index is -1.04. The molecule has 0 aliphatic rings. The summed E-state index contributed by atoms with van der Waals surface area (Å²) in [6.07, 6.45) is 1.73. The van der Waals surface area contributed by atoms with Crippen LogP contribution in [-0.4, -0.2) is 26.3 Å². The van der Waals surface area contributed by atoms with Crippen LogP contribution in [0.25, 0.3) is 11.1 Å². The van der Waals surface area contributed by atoms with Gasteiger partial charge in [-0.15, -0.1) is 0 Å². The molecular weight excluding hydrogens is 330 g/mol. The van der Waals surface area contributed by atoms with Gasteiger partial charge in [-0.1, -0.05) is 42.5 Å². The van der Waals surface area contributed by atoms with Crippen LogP contribution in [-0.2, 0) is 9.53 Å². The number of esters is 1. The van der Waals surface area contributed by atoms with E-state index in [1.54, 1.807) is 20.8 Å². The van der Waals surface area contributed by atoms with Crippen LogP contribution in [0, 0.1) is 0 Å². The zero-order valence-corrected chi connectivity index (χ0v) is 15.0. The maximum atomic E-state index is 12.5. The third kappa shape index (κ3) is 4.47. The SMILES string of the molecule is CC(C)(C)OC(=O)C(Oc1ccc(-c2ccccc2)cc1)n1cncn1. The van der Waals surface area contributed by atoms with Gasteiger partial charge < -0.3 is 9.47 Å². The minimum absolute atomic E-state index is 0.532. The minimum Gasteiger partial charge on any atom is -0.457 e. The molecule has 0 radical (unpaired) electrons. The number of benzene rings is 2. The van der Waals surface area contributed by atoms with Crippen molar-refractivity contribution < 1.29 is 14.3 Å². The standard InChI is InChI=1S/C20H21N3O3/c1-20(2,3)26-19(24)18(23-14-21-13-22-23)25-17-11-9-16(10-12-17)15-7-5-4-6-8-15/h4-14,18H,1-3H3. The normalized spacial score (nSPS) is 12.4. The van der Waals surface area contributed by atoms with Gasteiger partial charge in [0.25, 0.3) is 6.23 Å². The summed E-state index contributed by atoms with van der Waals surface area (Å²) in [5.41, 5.74) is 1.54. The third-order valence-corrected chi connectivity index (χ3v) is 3.49.